The van der Waals surface area contributed by atoms with Crippen LogP contribution in [0.25, 0.3) is 0 Å². The highest BCUT2D eigenvalue weighted by molar-refractivity contribution is 6.42. The van der Waals surface area contributed by atoms with Crippen molar-refractivity contribution in [1.29, 1.82) is 0 Å². The van der Waals surface area contributed by atoms with Crippen molar-refractivity contribution in [2.24, 2.45) is 0 Å². The van der Waals surface area contributed by atoms with Gasteiger partial charge >= 0.3 is 0 Å². The average molecular weight is 283 g/mol. The molecule has 92 valence electrons. The van der Waals surface area contributed by atoms with Gasteiger partial charge in [0, 0.05) is 11.1 Å². The van der Waals surface area contributed by atoms with Crippen molar-refractivity contribution in [3.63, 3.8) is 0 Å². The summed E-state index contributed by atoms with van der Waals surface area (Å²) in [5.41, 5.74) is 1.37. The van der Waals surface area contributed by atoms with E-state index in [1.807, 2.05) is 0 Å². The van der Waals surface area contributed by atoms with Crippen molar-refractivity contribution in [1.82, 2.24) is 0 Å². The van der Waals surface area contributed by atoms with E-state index in [1.165, 1.54) is 18.2 Å². The minimum atomic E-state index is -0.432. The molecule has 0 atom stereocenters. The van der Waals surface area contributed by atoms with Gasteiger partial charge in [0.05, 0.1) is 10.0 Å². The number of ketones is 1. The first kappa shape index (κ1) is 13.1. The summed E-state index contributed by atoms with van der Waals surface area (Å²) in [6, 6.07) is 8.80. The van der Waals surface area contributed by atoms with E-state index in [0.29, 0.717) is 26.7 Å². The summed E-state index contributed by atoms with van der Waals surface area (Å²) in [7, 11) is 0. The molecule has 2 aromatic carbocycles. The summed E-state index contributed by atoms with van der Waals surface area (Å²) >= 11 is 11.6. The van der Waals surface area contributed by atoms with Crippen LogP contribution in [0.5, 0.6) is 0 Å². The fraction of sp³-hybridized carbons (Fsp3) is 0.0714. The van der Waals surface area contributed by atoms with Crippen LogP contribution in [-0.2, 0) is 0 Å². The van der Waals surface area contributed by atoms with Crippen LogP contribution in [0.2, 0.25) is 10.0 Å². The lowest BCUT2D eigenvalue weighted by molar-refractivity contribution is 0.103. The molecule has 0 saturated heterocycles. The maximum atomic E-state index is 13.2. The second-order valence-electron chi connectivity index (χ2n) is 3.98. The number of hydrogen-bond donors (Lipinski definition) is 0. The molecule has 0 aliphatic carbocycles. The van der Waals surface area contributed by atoms with Gasteiger partial charge in [0.25, 0.3) is 0 Å². The quantitative estimate of drug-likeness (QED) is 0.732. The molecule has 0 heterocycles. The summed E-state index contributed by atoms with van der Waals surface area (Å²) in [6.45, 7) is 1.73. The molecule has 4 heteroatoms. The van der Waals surface area contributed by atoms with E-state index in [-0.39, 0.29) is 5.78 Å². The van der Waals surface area contributed by atoms with E-state index in [2.05, 4.69) is 0 Å². The van der Waals surface area contributed by atoms with Crippen molar-refractivity contribution >= 4 is 29.0 Å². The normalized spacial score (nSPS) is 10.4. The first-order valence-electron chi connectivity index (χ1n) is 5.24. The van der Waals surface area contributed by atoms with Crippen molar-refractivity contribution in [2.75, 3.05) is 0 Å². The van der Waals surface area contributed by atoms with Gasteiger partial charge in [0.2, 0.25) is 0 Å². The molecular weight excluding hydrogens is 274 g/mol. The topological polar surface area (TPSA) is 17.1 Å². The minimum Gasteiger partial charge on any atom is -0.289 e. The number of aryl methyl sites for hydroxylation is 1. The first-order chi connectivity index (χ1) is 8.47. The second kappa shape index (κ2) is 5.09. The molecule has 0 aromatic heterocycles. The third-order valence-electron chi connectivity index (χ3n) is 2.49. The highest BCUT2D eigenvalue weighted by Gasteiger charge is 2.12. The lowest BCUT2D eigenvalue weighted by atomic mass is 10.0. The average Bonchev–Trinajstić information content (AvgIpc) is 2.30. The Kier molecular flexibility index (Phi) is 3.69. The van der Waals surface area contributed by atoms with Gasteiger partial charge in [0.1, 0.15) is 5.82 Å². The van der Waals surface area contributed by atoms with E-state index in [9.17, 15) is 9.18 Å². The Labute approximate surface area is 114 Å². The fourth-order valence-electron chi connectivity index (χ4n) is 1.67. The van der Waals surface area contributed by atoms with Crippen LogP contribution in [0.4, 0.5) is 4.39 Å². The Balaban J connectivity index is 2.44. The predicted octanol–water partition coefficient (Wildman–Crippen LogP) is 4.67. The fourth-order valence-corrected chi connectivity index (χ4v) is 1.97. The molecule has 0 spiro atoms. The van der Waals surface area contributed by atoms with Gasteiger partial charge < -0.3 is 0 Å². The predicted molar refractivity (Wildman–Crippen MR) is 71.0 cm³/mol. The van der Waals surface area contributed by atoms with Crippen LogP contribution in [0.15, 0.2) is 36.4 Å². The van der Waals surface area contributed by atoms with Gasteiger partial charge in [-0.05, 0) is 48.9 Å². The molecule has 1 nitrogen and oxygen atoms in total. The molecule has 18 heavy (non-hydrogen) atoms. The summed E-state index contributed by atoms with van der Waals surface area (Å²) in [5.74, 6) is -0.713. The van der Waals surface area contributed by atoms with Crippen molar-refractivity contribution in [2.45, 2.75) is 6.92 Å². The molecule has 0 N–H and O–H groups in total. The van der Waals surface area contributed by atoms with Crippen LogP contribution in [0, 0.1) is 12.7 Å². The monoisotopic (exact) mass is 282 g/mol. The van der Waals surface area contributed by atoms with Crippen LogP contribution in [0.3, 0.4) is 0 Å². The number of hydrogen-bond acceptors (Lipinski definition) is 1. The Hall–Kier alpha value is -1.38. The molecule has 0 saturated carbocycles. The van der Waals surface area contributed by atoms with Gasteiger partial charge in [-0.2, -0.15) is 0 Å². The second-order valence-corrected chi connectivity index (χ2v) is 4.79. The molecule has 0 fully saturated rings. The van der Waals surface area contributed by atoms with Gasteiger partial charge in [-0.1, -0.05) is 23.2 Å². The number of rotatable bonds is 2. The third-order valence-corrected chi connectivity index (χ3v) is 3.23. The van der Waals surface area contributed by atoms with E-state index in [0.717, 1.165) is 0 Å². The molecule has 0 unspecified atom stereocenters. The molecule has 0 radical (unpaired) electrons. The maximum absolute atomic E-state index is 13.2. The zero-order valence-electron chi connectivity index (χ0n) is 9.51. The third kappa shape index (κ3) is 2.71. The summed E-state index contributed by atoms with van der Waals surface area (Å²) in [5, 5.41) is 0.680. The van der Waals surface area contributed by atoms with E-state index in [1.54, 1.807) is 25.1 Å². The van der Waals surface area contributed by atoms with Crippen molar-refractivity contribution in [3.05, 3.63) is 69.0 Å². The van der Waals surface area contributed by atoms with Crippen molar-refractivity contribution < 1.29 is 9.18 Å². The number of carbonyl (C=O) groups is 1. The Morgan fingerprint density at radius 3 is 2.33 bits per heavy atom. The largest absolute Gasteiger partial charge is 0.289 e. The van der Waals surface area contributed by atoms with E-state index < -0.39 is 5.82 Å². The maximum Gasteiger partial charge on any atom is 0.193 e. The first-order valence-corrected chi connectivity index (χ1v) is 6.00. The summed E-state index contributed by atoms with van der Waals surface area (Å²) in [6.07, 6.45) is 0. The van der Waals surface area contributed by atoms with Crippen molar-refractivity contribution in [3.8, 4) is 0 Å². The molecule has 0 amide bonds. The molecule has 2 aromatic rings. The van der Waals surface area contributed by atoms with Crippen LogP contribution in [-0.4, -0.2) is 5.78 Å². The van der Waals surface area contributed by atoms with Crippen LogP contribution in [0.1, 0.15) is 21.5 Å². The summed E-state index contributed by atoms with van der Waals surface area (Å²) in [4.78, 5) is 12.1. The molecular formula is C14H9Cl2FO. The van der Waals surface area contributed by atoms with Gasteiger partial charge in [0.15, 0.2) is 5.78 Å². The van der Waals surface area contributed by atoms with Gasteiger partial charge in [-0.25, -0.2) is 4.39 Å². The Morgan fingerprint density at radius 2 is 1.72 bits per heavy atom. The smallest absolute Gasteiger partial charge is 0.193 e. The highest BCUT2D eigenvalue weighted by Crippen LogP contribution is 2.24. The zero-order chi connectivity index (χ0) is 13.3. The summed E-state index contributed by atoms with van der Waals surface area (Å²) < 4.78 is 13.2. The van der Waals surface area contributed by atoms with Gasteiger partial charge in [-0.3, -0.25) is 4.79 Å². The molecule has 0 aliphatic rings. The van der Waals surface area contributed by atoms with Gasteiger partial charge in [-0.15, -0.1) is 0 Å². The van der Waals surface area contributed by atoms with Crippen LogP contribution < -0.4 is 0 Å². The Bertz CT molecular complexity index is 603. The molecule has 0 bridgehead atoms. The lowest BCUT2D eigenvalue weighted by Crippen LogP contribution is -2.02. The number of carbonyl (C=O) groups excluding carboxylic acids is 1. The Morgan fingerprint density at radius 1 is 1.00 bits per heavy atom. The SMILES string of the molecule is Cc1cc(F)cc(C(=O)c2ccc(Cl)c(Cl)c2)c1. The van der Waals surface area contributed by atoms with Crippen LogP contribution >= 0.6 is 23.2 Å². The highest BCUT2D eigenvalue weighted by atomic mass is 35.5. The molecule has 2 rings (SSSR count). The molecule has 0 aliphatic heterocycles. The number of halogens is 3. The minimum absolute atomic E-state index is 0.281. The number of benzene rings is 2. The standard InChI is InChI=1S/C14H9Cl2FO/c1-8-4-10(6-11(17)5-8)14(18)9-2-3-12(15)13(16)7-9/h2-7H,1H3. The zero-order valence-corrected chi connectivity index (χ0v) is 11.0. The van der Waals surface area contributed by atoms with E-state index in [4.69, 9.17) is 23.2 Å². The lowest BCUT2D eigenvalue weighted by Gasteiger charge is -2.04. The van der Waals surface area contributed by atoms with E-state index >= 15 is 0 Å².